The van der Waals surface area contributed by atoms with Gasteiger partial charge in [0.1, 0.15) is 0 Å². The van der Waals surface area contributed by atoms with Crippen molar-refractivity contribution < 1.29 is 0 Å². The first-order chi connectivity index (χ1) is 5.37. The molecule has 56 valence electrons. The molecular formula is C11H12. The Bertz CT molecular complexity index is 255. The Kier molecular flexibility index (Phi) is 1.35. The van der Waals surface area contributed by atoms with Crippen molar-refractivity contribution in [2.24, 2.45) is 0 Å². The van der Waals surface area contributed by atoms with E-state index in [2.05, 4.69) is 43.0 Å². The number of allylic oxidation sites excluding steroid dienone is 1. The molecule has 1 aliphatic carbocycles. The van der Waals surface area contributed by atoms with Crippen molar-refractivity contribution in [2.75, 3.05) is 0 Å². The minimum Gasteiger partial charge on any atom is -0.102 e. The summed E-state index contributed by atoms with van der Waals surface area (Å²) in [5, 5.41) is 0. The fourth-order valence-corrected chi connectivity index (χ4v) is 1.52. The molecular weight excluding hydrogens is 132 g/mol. The van der Waals surface area contributed by atoms with Crippen LogP contribution in [0, 0.1) is 0 Å². The van der Waals surface area contributed by atoms with E-state index in [1.54, 1.807) is 0 Å². The summed E-state index contributed by atoms with van der Waals surface area (Å²) in [6.07, 6.45) is 4.64. The molecule has 0 saturated heterocycles. The van der Waals surface area contributed by atoms with E-state index in [0.29, 0.717) is 5.41 Å². The zero-order valence-corrected chi connectivity index (χ0v) is 6.59. The Labute approximate surface area is 67.6 Å². The predicted molar refractivity (Wildman–Crippen MR) is 47.6 cm³/mol. The molecule has 1 aliphatic rings. The Morgan fingerprint density at radius 2 is 1.82 bits per heavy atom. The Hall–Kier alpha value is -1.04. The van der Waals surface area contributed by atoms with Gasteiger partial charge in [-0.3, -0.25) is 0 Å². The van der Waals surface area contributed by atoms with Gasteiger partial charge in [0.05, 0.1) is 0 Å². The minimum atomic E-state index is 0.348. The number of benzene rings is 1. The van der Waals surface area contributed by atoms with Crippen LogP contribution in [0.2, 0.25) is 0 Å². The SMILES string of the molecule is C=CC1(c2ccccc2)CC1. The lowest BCUT2D eigenvalue weighted by atomic mass is 9.97. The second kappa shape index (κ2) is 2.23. The smallest absolute Gasteiger partial charge is 0.0130 e. The highest BCUT2D eigenvalue weighted by atomic mass is 14.4. The van der Waals surface area contributed by atoms with Crippen molar-refractivity contribution >= 4 is 0 Å². The van der Waals surface area contributed by atoms with Gasteiger partial charge in [-0.2, -0.15) is 0 Å². The van der Waals surface area contributed by atoms with Gasteiger partial charge in [-0.25, -0.2) is 0 Å². The maximum atomic E-state index is 3.87. The highest BCUT2D eigenvalue weighted by Crippen LogP contribution is 2.48. The normalized spacial score (nSPS) is 19.3. The molecule has 0 aliphatic heterocycles. The van der Waals surface area contributed by atoms with E-state index >= 15 is 0 Å². The third-order valence-corrected chi connectivity index (χ3v) is 2.53. The first kappa shape index (κ1) is 6.66. The highest BCUT2D eigenvalue weighted by Gasteiger charge is 2.40. The van der Waals surface area contributed by atoms with Gasteiger partial charge in [0.15, 0.2) is 0 Å². The largest absolute Gasteiger partial charge is 0.102 e. The van der Waals surface area contributed by atoms with E-state index in [4.69, 9.17) is 0 Å². The van der Waals surface area contributed by atoms with E-state index < -0.39 is 0 Å². The summed E-state index contributed by atoms with van der Waals surface area (Å²) in [5.41, 5.74) is 1.77. The molecule has 0 amide bonds. The van der Waals surface area contributed by atoms with Crippen molar-refractivity contribution in [3.8, 4) is 0 Å². The lowest BCUT2D eigenvalue weighted by Gasteiger charge is -2.08. The molecule has 0 N–H and O–H groups in total. The molecule has 0 heteroatoms. The summed E-state index contributed by atoms with van der Waals surface area (Å²) in [7, 11) is 0. The van der Waals surface area contributed by atoms with Crippen molar-refractivity contribution in [2.45, 2.75) is 18.3 Å². The molecule has 0 bridgehead atoms. The average Bonchev–Trinajstić information content (AvgIpc) is 2.86. The molecule has 1 aromatic carbocycles. The Balaban J connectivity index is 2.37. The van der Waals surface area contributed by atoms with Crippen LogP contribution < -0.4 is 0 Å². The molecule has 0 unspecified atom stereocenters. The van der Waals surface area contributed by atoms with Crippen LogP contribution in [0.4, 0.5) is 0 Å². The van der Waals surface area contributed by atoms with Crippen molar-refractivity contribution in [1.82, 2.24) is 0 Å². The number of hydrogen-bond acceptors (Lipinski definition) is 0. The second-order valence-corrected chi connectivity index (χ2v) is 3.23. The van der Waals surface area contributed by atoms with E-state index in [1.807, 2.05) is 0 Å². The highest BCUT2D eigenvalue weighted by molar-refractivity contribution is 5.36. The Morgan fingerprint density at radius 3 is 2.27 bits per heavy atom. The van der Waals surface area contributed by atoms with Gasteiger partial charge in [0.2, 0.25) is 0 Å². The van der Waals surface area contributed by atoms with Crippen LogP contribution in [0.1, 0.15) is 18.4 Å². The van der Waals surface area contributed by atoms with Crippen LogP contribution >= 0.6 is 0 Å². The van der Waals surface area contributed by atoms with Crippen LogP contribution in [0.5, 0.6) is 0 Å². The summed E-state index contributed by atoms with van der Waals surface area (Å²) in [5.74, 6) is 0. The minimum absolute atomic E-state index is 0.348. The van der Waals surface area contributed by atoms with Gasteiger partial charge < -0.3 is 0 Å². The molecule has 11 heavy (non-hydrogen) atoms. The van der Waals surface area contributed by atoms with E-state index in [9.17, 15) is 0 Å². The molecule has 0 spiro atoms. The molecule has 1 aromatic rings. The van der Waals surface area contributed by atoms with Crippen molar-refractivity contribution in [3.63, 3.8) is 0 Å². The first-order valence-electron chi connectivity index (χ1n) is 4.06. The van der Waals surface area contributed by atoms with Crippen LogP contribution in [0.3, 0.4) is 0 Å². The van der Waals surface area contributed by atoms with Gasteiger partial charge in [-0.15, -0.1) is 6.58 Å². The molecule has 0 nitrogen and oxygen atoms in total. The number of rotatable bonds is 2. The second-order valence-electron chi connectivity index (χ2n) is 3.23. The standard InChI is InChI=1S/C11H12/c1-2-11(8-9-11)10-6-4-3-5-7-10/h2-7H,1,8-9H2. The lowest BCUT2D eigenvalue weighted by Crippen LogP contribution is -1.99. The number of hydrogen-bond donors (Lipinski definition) is 0. The van der Waals surface area contributed by atoms with Gasteiger partial charge in [-0.1, -0.05) is 36.4 Å². The van der Waals surface area contributed by atoms with Crippen molar-refractivity contribution in [1.29, 1.82) is 0 Å². The van der Waals surface area contributed by atoms with Gasteiger partial charge >= 0.3 is 0 Å². The van der Waals surface area contributed by atoms with Crippen LogP contribution in [-0.2, 0) is 5.41 Å². The van der Waals surface area contributed by atoms with Crippen LogP contribution in [0.25, 0.3) is 0 Å². The lowest BCUT2D eigenvalue weighted by molar-refractivity contribution is 0.895. The first-order valence-corrected chi connectivity index (χ1v) is 4.06. The zero-order chi connectivity index (χ0) is 7.73. The van der Waals surface area contributed by atoms with Gasteiger partial charge in [0, 0.05) is 5.41 Å². The van der Waals surface area contributed by atoms with Crippen LogP contribution in [0.15, 0.2) is 43.0 Å². The quantitative estimate of drug-likeness (QED) is 0.560. The average molecular weight is 144 g/mol. The molecule has 1 fully saturated rings. The van der Waals surface area contributed by atoms with E-state index in [-0.39, 0.29) is 0 Å². The third kappa shape index (κ3) is 0.988. The molecule has 0 radical (unpaired) electrons. The fraction of sp³-hybridized carbons (Fsp3) is 0.273. The van der Waals surface area contributed by atoms with Gasteiger partial charge in [0.25, 0.3) is 0 Å². The van der Waals surface area contributed by atoms with Crippen molar-refractivity contribution in [3.05, 3.63) is 48.6 Å². The topological polar surface area (TPSA) is 0 Å². The third-order valence-electron chi connectivity index (χ3n) is 2.53. The molecule has 0 heterocycles. The summed E-state index contributed by atoms with van der Waals surface area (Å²) >= 11 is 0. The summed E-state index contributed by atoms with van der Waals surface area (Å²) in [6, 6.07) is 10.6. The predicted octanol–water partition coefficient (Wildman–Crippen LogP) is 2.90. The maximum Gasteiger partial charge on any atom is 0.0130 e. The zero-order valence-electron chi connectivity index (χ0n) is 6.59. The van der Waals surface area contributed by atoms with E-state index in [1.165, 1.54) is 18.4 Å². The molecule has 1 saturated carbocycles. The van der Waals surface area contributed by atoms with E-state index in [0.717, 1.165) is 0 Å². The Morgan fingerprint density at radius 1 is 1.18 bits per heavy atom. The maximum absolute atomic E-state index is 3.87. The van der Waals surface area contributed by atoms with Gasteiger partial charge in [-0.05, 0) is 18.4 Å². The molecule has 0 atom stereocenters. The summed E-state index contributed by atoms with van der Waals surface area (Å²) < 4.78 is 0. The molecule has 2 rings (SSSR count). The van der Waals surface area contributed by atoms with Crippen LogP contribution in [-0.4, -0.2) is 0 Å². The molecule has 0 aromatic heterocycles. The summed E-state index contributed by atoms with van der Waals surface area (Å²) in [6.45, 7) is 3.87. The monoisotopic (exact) mass is 144 g/mol. The summed E-state index contributed by atoms with van der Waals surface area (Å²) in [4.78, 5) is 0. The fourth-order valence-electron chi connectivity index (χ4n) is 1.52.